The molecule has 0 aliphatic heterocycles. The van der Waals surface area contributed by atoms with Crippen LogP contribution in [0.25, 0.3) is 0 Å². The third-order valence-electron chi connectivity index (χ3n) is 2.06. The van der Waals surface area contributed by atoms with Gasteiger partial charge in [-0.25, -0.2) is 0 Å². The van der Waals surface area contributed by atoms with Gasteiger partial charge in [0.15, 0.2) is 0 Å². The molecule has 7 heteroatoms. The van der Waals surface area contributed by atoms with Crippen LogP contribution in [-0.2, 0) is 0 Å². The summed E-state index contributed by atoms with van der Waals surface area (Å²) in [4.78, 5) is 12.9. The number of carbonyl (C=O) groups excluding carboxylic acids is 1. The molecule has 102 valence electrons. The van der Waals surface area contributed by atoms with Gasteiger partial charge in [0.1, 0.15) is 6.54 Å². The van der Waals surface area contributed by atoms with Gasteiger partial charge in [-0.1, -0.05) is 13.8 Å². The third kappa shape index (κ3) is 5.13. The van der Waals surface area contributed by atoms with E-state index in [0.29, 0.717) is 5.56 Å². The highest BCUT2D eigenvalue weighted by Gasteiger charge is 2.33. The summed E-state index contributed by atoms with van der Waals surface area (Å²) in [5.74, 6) is -0.561. The summed E-state index contributed by atoms with van der Waals surface area (Å²) in [7, 11) is 0. The summed E-state index contributed by atoms with van der Waals surface area (Å²) in [5.41, 5.74) is 0.328. The first kappa shape index (κ1) is 15.7. The van der Waals surface area contributed by atoms with Gasteiger partial charge >= 0.3 is 6.18 Å². The minimum atomic E-state index is -4.37. The molecule has 0 aromatic carbocycles. The zero-order valence-electron chi connectivity index (χ0n) is 9.92. The van der Waals surface area contributed by atoms with Crippen LogP contribution in [-0.4, -0.2) is 30.1 Å². The molecule has 0 bridgehead atoms. The van der Waals surface area contributed by atoms with E-state index in [2.05, 4.69) is 0 Å². The van der Waals surface area contributed by atoms with Gasteiger partial charge in [0.05, 0.1) is 8.45 Å². The second kappa shape index (κ2) is 6.23. The number of halogens is 4. The molecule has 18 heavy (non-hydrogen) atoms. The Bertz CT molecular complexity index is 417. The van der Waals surface area contributed by atoms with Crippen LogP contribution in [0.5, 0.6) is 0 Å². The van der Waals surface area contributed by atoms with Gasteiger partial charge in [-0.15, -0.1) is 11.3 Å². The lowest BCUT2D eigenvalue weighted by Gasteiger charge is -2.25. The normalized spacial score (nSPS) is 11.9. The first-order chi connectivity index (χ1) is 8.19. The van der Waals surface area contributed by atoms with Crippen LogP contribution < -0.4 is 0 Å². The zero-order valence-corrected chi connectivity index (χ0v) is 12.9. The lowest BCUT2D eigenvalue weighted by molar-refractivity contribution is -0.141. The minimum absolute atomic E-state index is 0.00555. The number of hydrogen-bond donors (Lipinski definition) is 0. The molecule has 1 aromatic rings. The van der Waals surface area contributed by atoms with E-state index in [1.165, 1.54) is 11.3 Å². The molecule has 0 radical (unpaired) electrons. The van der Waals surface area contributed by atoms with Crippen LogP contribution in [0.1, 0.15) is 24.2 Å². The maximum Gasteiger partial charge on any atom is 0.406 e. The Morgan fingerprint density at radius 1 is 1.50 bits per heavy atom. The molecule has 0 N–H and O–H groups in total. The van der Waals surface area contributed by atoms with Gasteiger partial charge in [-0.05, 0) is 34.6 Å². The van der Waals surface area contributed by atoms with Crippen molar-refractivity contribution in [2.45, 2.75) is 20.0 Å². The van der Waals surface area contributed by atoms with Crippen LogP contribution in [0.4, 0.5) is 13.2 Å². The average Bonchev–Trinajstić information content (AvgIpc) is 2.59. The van der Waals surface area contributed by atoms with Crippen molar-refractivity contribution in [1.82, 2.24) is 4.90 Å². The maximum atomic E-state index is 12.4. The average molecular weight is 391 g/mol. The number of amides is 1. The molecular formula is C11H13F3INOS. The Morgan fingerprint density at radius 2 is 2.11 bits per heavy atom. The van der Waals surface area contributed by atoms with E-state index >= 15 is 0 Å². The molecule has 1 amide bonds. The second-order valence-electron chi connectivity index (χ2n) is 4.33. The van der Waals surface area contributed by atoms with Gasteiger partial charge < -0.3 is 4.90 Å². The van der Waals surface area contributed by atoms with Crippen LogP contribution >= 0.6 is 33.9 Å². The van der Waals surface area contributed by atoms with Crippen LogP contribution in [0.3, 0.4) is 0 Å². The summed E-state index contributed by atoms with van der Waals surface area (Å²) >= 11 is 3.38. The van der Waals surface area contributed by atoms with E-state index in [4.69, 9.17) is 0 Å². The summed E-state index contributed by atoms with van der Waals surface area (Å²) in [6.07, 6.45) is -4.37. The Hall–Kier alpha value is -0.310. The lowest BCUT2D eigenvalue weighted by atomic mass is 10.2. The van der Waals surface area contributed by atoms with E-state index in [-0.39, 0.29) is 12.5 Å². The van der Waals surface area contributed by atoms with Crippen molar-refractivity contribution >= 4 is 39.8 Å². The van der Waals surface area contributed by atoms with E-state index in [9.17, 15) is 18.0 Å². The van der Waals surface area contributed by atoms with Crippen molar-refractivity contribution in [3.8, 4) is 0 Å². The predicted octanol–water partition coefficient (Wildman–Crippen LogP) is 4.01. The first-order valence-corrected chi connectivity index (χ1v) is 7.25. The number of nitrogens with zero attached hydrogens (tertiary/aromatic N) is 1. The predicted molar refractivity (Wildman–Crippen MR) is 73.8 cm³/mol. The van der Waals surface area contributed by atoms with Gasteiger partial charge in [-0.2, -0.15) is 13.2 Å². The third-order valence-corrected chi connectivity index (χ3v) is 3.85. The van der Waals surface area contributed by atoms with Gasteiger partial charge in [-0.3, -0.25) is 4.79 Å². The molecule has 0 aliphatic carbocycles. The molecule has 2 nitrogen and oxygen atoms in total. The Labute approximate surface area is 121 Å². The van der Waals surface area contributed by atoms with Crippen LogP contribution in [0.2, 0.25) is 0 Å². The topological polar surface area (TPSA) is 20.3 Å². The molecule has 1 heterocycles. The molecule has 0 spiro atoms. The number of alkyl halides is 3. The molecular weight excluding hydrogens is 378 g/mol. The quantitative estimate of drug-likeness (QED) is 0.711. The van der Waals surface area contributed by atoms with Gasteiger partial charge in [0.25, 0.3) is 5.91 Å². The highest BCUT2D eigenvalue weighted by atomic mass is 127. The van der Waals surface area contributed by atoms with Crippen molar-refractivity contribution in [2.75, 3.05) is 13.1 Å². The Balaban J connectivity index is 2.85. The molecule has 0 atom stereocenters. The van der Waals surface area contributed by atoms with Gasteiger partial charge in [0.2, 0.25) is 0 Å². The molecule has 1 rings (SSSR count). The fourth-order valence-corrected chi connectivity index (χ4v) is 2.80. The Kier molecular flexibility index (Phi) is 5.45. The van der Waals surface area contributed by atoms with Crippen molar-refractivity contribution in [3.63, 3.8) is 0 Å². The highest BCUT2D eigenvalue weighted by molar-refractivity contribution is 14.1. The van der Waals surface area contributed by atoms with Crippen LogP contribution in [0, 0.1) is 8.80 Å². The van der Waals surface area contributed by atoms with Crippen molar-refractivity contribution in [2.24, 2.45) is 5.92 Å². The molecule has 0 fully saturated rings. The fourth-order valence-electron chi connectivity index (χ4n) is 1.48. The largest absolute Gasteiger partial charge is 0.406 e. The van der Waals surface area contributed by atoms with Crippen molar-refractivity contribution in [3.05, 3.63) is 19.9 Å². The van der Waals surface area contributed by atoms with Crippen molar-refractivity contribution in [1.29, 1.82) is 0 Å². The Morgan fingerprint density at radius 3 is 2.50 bits per heavy atom. The molecule has 1 aromatic heterocycles. The highest BCUT2D eigenvalue weighted by Crippen LogP contribution is 2.22. The SMILES string of the molecule is CC(C)CN(CC(F)(F)F)C(=O)c1csc(I)c1. The summed E-state index contributed by atoms with van der Waals surface area (Å²) in [6.45, 7) is 2.48. The number of rotatable bonds is 4. The van der Waals surface area contributed by atoms with Crippen molar-refractivity contribution < 1.29 is 18.0 Å². The summed E-state index contributed by atoms with van der Waals surface area (Å²) < 4.78 is 38.2. The second-order valence-corrected chi connectivity index (χ2v) is 7.14. The summed E-state index contributed by atoms with van der Waals surface area (Å²) in [5, 5.41) is 1.59. The molecule has 0 unspecified atom stereocenters. The smallest absolute Gasteiger partial charge is 0.329 e. The van der Waals surface area contributed by atoms with E-state index in [0.717, 1.165) is 7.78 Å². The lowest BCUT2D eigenvalue weighted by Crippen LogP contribution is -2.40. The standard InChI is InChI=1S/C11H13F3INOS/c1-7(2)4-16(6-11(12,13)14)10(17)8-3-9(15)18-5-8/h3,5,7H,4,6H2,1-2H3. The summed E-state index contributed by atoms with van der Waals surface area (Å²) in [6, 6.07) is 1.61. The maximum absolute atomic E-state index is 12.4. The van der Waals surface area contributed by atoms with E-state index < -0.39 is 18.6 Å². The van der Waals surface area contributed by atoms with Crippen LogP contribution in [0.15, 0.2) is 11.4 Å². The van der Waals surface area contributed by atoms with E-state index in [1.807, 2.05) is 22.6 Å². The minimum Gasteiger partial charge on any atom is -0.329 e. The molecule has 0 saturated carbocycles. The first-order valence-electron chi connectivity index (χ1n) is 5.29. The zero-order chi connectivity index (χ0) is 13.9. The number of thiophene rings is 1. The number of hydrogen-bond acceptors (Lipinski definition) is 2. The monoisotopic (exact) mass is 391 g/mol. The van der Waals surface area contributed by atoms with Gasteiger partial charge in [0, 0.05) is 11.9 Å². The van der Waals surface area contributed by atoms with E-state index in [1.54, 1.807) is 25.3 Å². The molecule has 0 aliphatic rings. The fraction of sp³-hybridized carbons (Fsp3) is 0.545. The molecule has 0 saturated heterocycles. The number of carbonyl (C=O) groups is 1.